The highest BCUT2D eigenvalue weighted by Crippen LogP contribution is 2.24. The Morgan fingerprint density at radius 3 is 1.55 bits per heavy atom. The quantitative estimate of drug-likeness (QED) is 0.0200. The van der Waals surface area contributed by atoms with Crippen molar-refractivity contribution in [2.45, 2.75) is 230 Å². The van der Waals surface area contributed by atoms with Crippen molar-refractivity contribution < 1.29 is 56.8 Å². The number of carbonyl (C=O) groups excluding carboxylic acids is 2. The van der Waals surface area contributed by atoms with Gasteiger partial charge in [0.2, 0.25) is 0 Å². The molecule has 6 atom stereocenters. The Balaban J connectivity index is 2.44. The minimum Gasteiger partial charge on any atom is -0.462 e. The van der Waals surface area contributed by atoms with E-state index >= 15 is 0 Å². The topological polar surface area (TPSA) is 186 Å². The second-order valence-electron chi connectivity index (χ2n) is 16.1. The second-order valence-corrected chi connectivity index (χ2v) is 17.6. The molecule has 0 spiro atoms. The lowest BCUT2D eigenvalue weighted by Gasteiger charge is -2.40. The number of rotatable bonds is 38. The number of carbonyl (C=O) groups is 2. The van der Waals surface area contributed by atoms with Crippen LogP contribution in [0.2, 0.25) is 0 Å². The van der Waals surface area contributed by atoms with Crippen molar-refractivity contribution in [2.24, 2.45) is 0 Å². The van der Waals surface area contributed by atoms with Gasteiger partial charge in [0.25, 0.3) is 10.1 Å². The van der Waals surface area contributed by atoms with Crippen molar-refractivity contribution in [3.8, 4) is 0 Å². The van der Waals surface area contributed by atoms with Gasteiger partial charge >= 0.3 is 11.9 Å². The molecule has 13 heteroatoms. The fourth-order valence-corrected chi connectivity index (χ4v) is 7.63. The maximum Gasteiger partial charge on any atom is 0.306 e. The van der Waals surface area contributed by atoms with E-state index < -0.39 is 71.2 Å². The summed E-state index contributed by atoms with van der Waals surface area (Å²) in [5.41, 5.74) is 0. The van der Waals surface area contributed by atoms with Gasteiger partial charge in [-0.1, -0.05) is 160 Å². The summed E-state index contributed by atoms with van der Waals surface area (Å²) in [5, 5.41) is 30.9. The van der Waals surface area contributed by atoms with Crippen molar-refractivity contribution in [2.75, 3.05) is 19.0 Å². The second kappa shape index (κ2) is 35.8. The summed E-state index contributed by atoms with van der Waals surface area (Å²) >= 11 is 0. The van der Waals surface area contributed by atoms with Crippen molar-refractivity contribution >= 4 is 22.1 Å². The van der Waals surface area contributed by atoms with E-state index in [1.807, 2.05) is 0 Å². The molecule has 1 heterocycles. The molecule has 1 fully saturated rings. The first-order chi connectivity index (χ1) is 28.0. The van der Waals surface area contributed by atoms with Gasteiger partial charge in [-0.05, 0) is 44.9 Å². The molecule has 1 rings (SSSR count). The lowest BCUT2D eigenvalue weighted by atomic mass is 10.00. The van der Waals surface area contributed by atoms with Crippen LogP contribution in [0.15, 0.2) is 24.3 Å². The maximum atomic E-state index is 12.8. The van der Waals surface area contributed by atoms with E-state index in [0.717, 1.165) is 57.8 Å². The summed E-state index contributed by atoms with van der Waals surface area (Å²) in [6.45, 7) is 3.73. The molecule has 0 aromatic rings. The standard InChI is InChI=1S/C45H82O12S/c1-3-5-7-9-11-13-15-17-18-19-20-22-24-26-28-30-32-34-41(47)56-38(36-55-45-44(50)43(49)42(48)39(57-45)37-58(51,52)53)35-54-40(46)33-31-29-27-25-23-21-16-14-12-10-8-6-4-2/h11,13,17-18,38-39,42-45,48-50H,3-10,12,14-16,19-37H2,1-2H3,(H,51,52,53)/b13-11+,18-17+/t38-,39-,42-,43?,44?,45+/m1/s1. The van der Waals surface area contributed by atoms with Gasteiger partial charge in [0, 0.05) is 12.8 Å². The van der Waals surface area contributed by atoms with Gasteiger partial charge in [0.15, 0.2) is 12.4 Å². The molecule has 4 N–H and O–H groups in total. The highest BCUT2D eigenvalue weighted by atomic mass is 32.2. The van der Waals surface area contributed by atoms with Gasteiger partial charge in [-0.3, -0.25) is 14.1 Å². The Labute approximate surface area is 351 Å². The van der Waals surface area contributed by atoms with Crippen molar-refractivity contribution in [1.82, 2.24) is 0 Å². The van der Waals surface area contributed by atoms with E-state index in [4.69, 9.17) is 18.9 Å². The molecular formula is C45H82O12S. The minimum atomic E-state index is -4.60. The highest BCUT2D eigenvalue weighted by molar-refractivity contribution is 7.85. The molecule has 0 aliphatic carbocycles. The number of ether oxygens (including phenoxy) is 4. The van der Waals surface area contributed by atoms with Crippen LogP contribution in [0.5, 0.6) is 0 Å². The predicted octanol–water partition coefficient (Wildman–Crippen LogP) is 9.23. The number of unbranched alkanes of at least 4 members (excludes halogenated alkanes) is 22. The average Bonchev–Trinajstić information content (AvgIpc) is 3.18. The molecule has 0 aromatic heterocycles. The van der Waals surface area contributed by atoms with Gasteiger partial charge < -0.3 is 34.3 Å². The zero-order valence-corrected chi connectivity index (χ0v) is 37.0. The summed E-state index contributed by atoms with van der Waals surface area (Å²) < 4.78 is 54.0. The molecule has 2 unspecified atom stereocenters. The smallest absolute Gasteiger partial charge is 0.306 e. The summed E-state index contributed by atoms with van der Waals surface area (Å²) in [5.74, 6) is -1.98. The normalized spacial score (nSPS) is 20.6. The number of aliphatic hydroxyl groups excluding tert-OH is 3. The molecule has 0 radical (unpaired) electrons. The van der Waals surface area contributed by atoms with Crippen LogP contribution in [-0.2, 0) is 38.7 Å². The molecule has 0 saturated carbocycles. The van der Waals surface area contributed by atoms with Crippen LogP contribution in [0.1, 0.15) is 194 Å². The van der Waals surface area contributed by atoms with Gasteiger partial charge in [0.05, 0.1) is 6.61 Å². The van der Waals surface area contributed by atoms with E-state index in [-0.39, 0.29) is 19.4 Å². The third-order valence-corrected chi connectivity index (χ3v) is 11.3. The maximum absolute atomic E-state index is 12.8. The van der Waals surface area contributed by atoms with E-state index in [9.17, 15) is 37.9 Å². The fourth-order valence-electron chi connectivity index (χ4n) is 6.94. The lowest BCUT2D eigenvalue weighted by Crippen LogP contribution is -2.60. The average molecular weight is 847 g/mol. The van der Waals surface area contributed by atoms with E-state index in [1.165, 1.54) is 96.3 Å². The Hall–Kier alpha value is -1.87. The fraction of sp³-hybridized carbons (Fsp3) is 0.867. The van der Waals surface area contributed by atoms with Crippen molar-refractivity contribution in [1.29, 1.82) is 0 Å². The largest absolute Gasteiger partial charge is 0.462 e. The van der Waals surface area contributed by atoms with Crippen LogP contribution in [-0.4, -0.2) is 96.0 Å². The third-order valence-electron chi connectivity index (χ3n) is 10.5. The number of esters is 2. The third kappa shape index (κ3) is 30.2. The zero-order chi connectivity index (χ0) is 42.7. The molecule has 1 aliphatic rings. The number of hydrogen-bond acceptors (Lipinski definition) is 11. The first-order valence-corrected chi connectivity index (χ1v) is 24.5. The van der Waals surface area contributed by atoms with E-state index in [1.54, 1.807) is 0 Å². The van der Waals surface area contributed by atoms with Crippen LogP contribution in [0.3, 0.4) is 0 Å². The van der Waals surface area contributed by atoms with Gasteiger partial charge in [-0.15, -0.1) is 0 Å². The molecule has 58 heavy (non-hydrogen) atoms. The summed E-state index contributed by atoms with van der Waals surface area (Å²) in [6.07, 6.45) is 29.3. The molecule has 1 saturated heterocycles. The molecule has 12 nitrogen and oxygen atoms in total. The zero-order valence-electron chi connectivity index (χ0n) is 36.2. The van der Waals surface area contributed by atoms with E-state index in [0.29, 0.717) is 12.8 Å². The predicted molar refractivity (Wildman–Crippen MR) is 229 cm³/mol. The summed E-state index contributed by atoms with van der Waals surface area (Å²) in [7, 11) is -4.60. The SMILES string of the molecule is CCCCC/C=C/C/C=C/CCCCCCCCCC(=O)O[C@H](COC(=O)CCCCCCCCCCCCCCC)CO[C@H]1O[C@H](CS(=O)(=O)O)[C@@H](O)C(O)C1O. The molecule has 1 aliphatic heterocycles. The lowest BCUT2D eigenvalue weighted by molar-refractivity contribution is -0.297. The van der Waals surface area contributed by atoms with E-state index in [2.05, 4.69) is 38.2 Å². The Morgan fingerprint density at radius 2 is 1.03 bits per heavy atom. The van der Waals surface area contributed by atoms with Crippen LogP contribution in [0.25, 0.3) is 0 Å². The number of allylic oxidation sites excluding steroid dienone is 4. The van der Waals surface area contributed by atoms with Gasteiger partial charge in [0.1, 0.15) is 36.8 Å². The van der Waals surface area contributed by atoms with Crippen LogP contribution in [0, 0.1) is 0 Å². The van der Waals surface area contributed by atoms with Crippen LogP contribution < -0.4 is 0 Å². The first-order valence-electron chi connectivity index (χ1n) is 22.9. The molecule has 0 bridgehead atoms. The molecule has 0 amide bonds. The summed E-state index contributed by atoms with van der Waals surface area (Å²) in [6, 6.07) is 0. The summed E-state index contributed by atoms with van der Waals surface area (Å²) in [4.78, 5) is 25.4. The molecule has 340 valence electrons. The molecular weight excluding hydrogens is 765 g/mol. The first kappa shape index (κ1) is 54.1. The monoisotopic (exact) mass is 847 g/mol. The number of hydrogen-bond donors (Lipinski definition) is 4. The number of aliphatic hydroxyl groups is 3. The Bertz CT molecular complexity index is 1180. The highest BCUT2D eigenvalue weighted by Gasteiger charge is 2.46. The minimum absolute atomic E-state index is 0.158. The van der Waals surface area contributed by atoms with Crippen LogP contribution in [0.4, 0.5) is 0 Å². The van der Waals surface area contributed by atoms with Gasteiger partial charge in [-0.25, -0.2) is 0 Å². The van der Waals surface area contributed by atoms with Gasteiger partial charge in [-0.2, -0.15) is 8.42 Å². The molecule has 0 aromatic carbocycles. The van der Waals surface area contributed by atoms with Crippen molar-refractivity contribution in [3.63, 3.8) is 0 Å². The van der Waals surface area contributed by atoms with Crippen molar-refractivity contribution in [3.05, 3.63) is 24.3 Å². The van der Waals surface area contributed by atoms with Crippen LogP contribution >= 0.6 is 0 Å². The Morgan fingerprint density at radius 1 is 0.586 bits per heavy atom. The Kier molecular flexibility index (Phi) is 33.5.